The summed E-state index contributed by atoms with van der Waals surface area (Å²) < 4.78 is 5.31. The standard InChI is InChI=1S/C22H30N2O3/c1-5-16-12-24-10-9-22(27-25)20-14(2)7-6-8-18(20)23-21(22)19(24)11-17(16)15(3)13-26-4/h6-8,13,16-17,19,25H,5,9-12H2,1-4H3/t16-,17-,19+,22+/m1/s1. The molecule has 0 aromatic heterocycles. The Morgan fingerprint density at radius 1 is 1.44 bits per heavy atom. The van der Waals surface area contributed by atoms with Crippen LogP contribution < -0.4 is 0 Å². The van der Waals surface area contributed by atoms with E-state index >= 15 is 0 Å². The van der Waals surface area contributed by atoms with Crippen LogP contribution in [0.15, 0.2) is 35.0 Å². The summed E-state index contributed by atoms with van der Waals surface area (Å²) in [6.45, 7) is 8.48. The molecule has 2 fully saturated rings. The van der Waals surface area contributed by atoms with Gasteiger partial charge in [-0.2, -0.15) is 0 Å². The lowest BCUT2D eigenvalue weighted by Crippen LogP contribution is -2.61. The number of piperidine rings is 2. The third-order valence-electron chi connectivity index (χ3n) is 6.90. The van der Waals surface area contributed by atoms with Gasteiger partial charge in [0.15, 0.2) is 5.60 Å². The molecule has 5 heteroatoms. The van der Waals surface area contributed by atoms with Crippen molar-refractivity contribution in [1.29, 1.82) is 0 Å². The highest BCUT2D eigenvalue weighted by atomic mass is 17.1. The number of hydrogen-bond donors (Lipinski definition) is 1. The van der Waals surface area contributed by atoms with E-state index in [1.165, 1.54) is 5.57 Å². The van der Waals surface area contributed by atoms with E-state index in [2.05, 4.69) is 31.7 Å². The fourth-order valence-corrected chi connectivity index (χ4v) is 5.57. The quantitative estimate of drug-likeness (QED) is 0.484. The molecule has 3 aliphatic rings. The maximum Gasteiger partial charge on any atom is 0.171 e. The number of allylic oxidation sites excluding steroid dienone is 1. The van der Waals surface area contributed by atoms with Crippen molar-refractivity contribution in [1.82, 2.24) is 4.90 Å². The number of benzene rings is 1. The first kappa shape index (κ1) is 18.7. The van der Waals surface area contributed by atoms with Gasteiger partial charge in [0.1, 0.15) is 0 Å². The Morgan fingerprint density at radius 3 is 2.96 bits per heavy atom. The molecule has 3 heterocycles. The van der Waals surface area contributed by atoms with Crippen LogP contribution in [-0.4, -0.2) is 42.1 Å². The van der Waals surface area contributed by atoms with Crippen molar-refractivity contribution in [3.63, 3.8) is 0 Å². The Labute approximate surface area is 161 Å². The number of methoxy groups -OCH3 is 1. The van der Waals surface area contributed by atoms with Gasteiger partial charge in [-0.15, -0.1) is 0 Å². The number of aryl methyl sites for hydroxylation is 1. The van der Waals surface area contributed by atoms with Crippen LogP contribution in [0.4, 0.5) is 5.69 Å². The summed E-state index contributed by atoms with van der Waals surface area (Å²) in [6.07, 6.45) is 4.76. The van der Waals surface area contributed by atoms with Crippen LogP contribution in [0.2, 0.25) is 0 Å². The first-order valence-corrected chi connectivity index (χ1v) is 10.0. The Hall–Kier alpha value is -1.69. The largest absolute Gasteiger partial charge is 0.504 e. The van der Waals surface area contributed by atoms with Crippen LogP contribution in [0.25, 0.3) is 0 Å². The van der Waals surface area contributed by atoms with Crippen LogP contribution in [-0.2, 0) is 15.2 Å². The maximum atomic E-state index is 10.0. The molecule has 146 valence electrons. The lowest BCUT2D eigenvalue weighted by Gasteiger charge is -2.50. The lowest BCUT2D eigenvalue weighted by atomic mass is 9.70. The van der Waals surface area contributed by atoms with E-state index in [4.69, 9.17) is 14.6 Å². The number of fused-ring (bicyclic) bond motifs is 5. The predicted molar refractivity (Wildman–Crippen MR) is 106 cm³/mol. The second-order valence-electron chi connectivity index (χ2n) is 8.25. The summed E-state index contributed by atoms with van der Waals surface area (Å²) in [5, 5.41) is 10.0. The molecule has 1 aromatic carbocycles. The highest BCUT2D eigenvalue weighted by Crippen LogP contribution is 2.51. The van der Waals surface area contributed by atoms with E-state index in [9.17, 15) is 5.26 Å². The molecule has 0 unspecified atom stereocenters. The molecule has 27 heavy (non-hydrogen) atoms. The van der Waals surface area contributed by atoms with Gasteiger partial charge in [-0.1, -0.05) is 25.5 Å². The van der Waals surface area contributed by atoms with E-state index in [0.717, 1.165) is 54.9 Å². The molecule has 3 aliphatic heterocycles. The molecule has 0 spiro atoms. The van der Waals surface area contributed by atoms with Gasteiger partial charge in [0.2, 0.25) is 0 Å². The third-order valence-corrected chi connectivity index (χ3v) is 6.90. The van der Waals surface area contributed by atoms with Gasteiger partial charge in [-0.05, 0) is 49.3 Å². The van der Waals surface area contributed by atoms with Crippen molar-refractivity contribution < 1.29 is 14.9 Å². The topological polar surface area (TPSA) is 54.3 Å². The summed E-state index contributed by atoms with van der Waals surface area (Å²) in [7, 11) is 1.71. The van der Waals surface area contributed by atoms with E-state index in [1.54, 1.807) is 7.11 Å². The second kappa shape index (κ2) is 7.04. The molecule has 0 saturated carbocycles. The molecule has 2 saturated heterocycles. The molecular formula is C22H30N2O3. The minimum Gasteiger partial charge on any atom is -0.504 e. The smallest absolute Gasteiger partial charge is 0.171 e. The van der Waals surface area contributed by atoms with E-state index in [-0.39, 0.29) is 6.04 Å². The SMILES string of the molecule is CC[C@@H]1CN2CC[C@@]3(OO)C(=Nc4cccc(C)c43)[C@@H]2C[C@@H]1C(C)=COC. The third kappa shape index (κ3) is 2.75. The highest BCUT2D eigenvalue weighted by molar-refractivity contribution is 6.05. The molecule has 0 radical (unpaired) electrons. The van der Waals surface area contributed by atoms with Crippen LogP contribution in [0.3, 0.4) is 0 Å². The van der Waals surface area contributed by atoms with Crippen LogP contribution >= 0.6 is 0 Å². The van der Waals surface area contributed by atoms with Crippen molar-refractivity contribution in [2.75, 3.05) is 20.2 Å². The maximum absolute atomic E-state index is 10.0. The van der Waals surface area contributed by atoms with Gasteiger partial charge in [-0.25, -0.2) is 4.89 Å². The second-order valence-corrected chi connectivity index (χ2v) is 8.25. The minimum absolute atomic E-state index is 0.186. The number of rotatable bonds is 4. The first-order valence-electron chi connectivity index (χ1n) is 10.0. The number of aliphatic imine (C=N–C) groups is 1. The molecule has 1 N–H and O–H groups in total. The van der Waals surface area contributed by atoms with Crippen molar-refractivity contribution in [2.45, 2.75) is 51.7 Å². The van der Waals surface area contributed by atoms with Gasteiger partial charge in [0, 0.05) is 25.1 Å². The molecule has 5 nitrogen and oxygen atoms in total. The summed E-state index contributed by atoms with van der Waals surface area (Å²) >= 11 is 0. The van der Waals surface area contributed by atoms with E-state index in [0.29, 0.717) is 11.8 Å². The fraction of sp³-hybridized carbons (Fsp3) is 0.591. The van der Waals surface area contributed by atoms with Gasteiger partial charge >= 0.3 is 0 Å². The molecule has 0 bridgehead atoms. The van der Waals surface area contributed by atoms with E-state index < -0.39 is 5.60 Å². The summed E-state index contributed by atoms with van der Waals surface area (Å²) in [5.74, 6) is 1.07. The summed E-state index contributed by atoms with van der Waals surface area (Å²) in [5.41, 5.74) is 4.59. The molecule has 0 amide bonds. The van der Waals surface area contributed by atoms with Crippen molar-refractivity contribution in [2.24, 2.45) is 16.8 Å². The molecule has 1 aromatic rings. The fourth-order valence-electron chi connectivity index (χ4n) is 5.57. The zero-order valence-corrected chi connectivity index (χ0v) is 16.7. The monoisotopic (exact) mass is 370 g/mol. The zero-order valence-electron chi connectivity index (χ0n) is 16.7. The predicted octanol–water partition coefficient (Wildman–Crippen LogP) is 4.44. The summed E-state index contributed by atoms with van der Waals surface area (Å²) in [6, 6.07) is 6.32. The van der Waals surface area contributed by atoms with Gasteiger partial charge in [0.05, 0.1) is 30.8 Å². The first-order chi connectivity index (χ1) is 13.1. The van der Waals surface area contributed by atoms with Crippen LogP contribution in [0.5, 0.6) is 0 Å². The molecule has 0 aliphatic carbocycles. The normalized spacial score (nSPS) is 33.1. The number of hydrogen-bond acceptors (Lipinski definition) is 5. The Kier molecular flexibility index (Phi) is 4.87. The van der Waals surface area contributed by atoms with Crippen LogP contribution in [0.1, 0.15) is 44.2 Å². The molecule has 4 rings (SSSR count). The van der Waals surface area contributed by atoms with Crippen LogP contribution in [0, 0.1) is 18.8 Å². The average molecular weight is 370 g/mol. The Balaban J connectivity index is 1.74. The average Bonchev–Trinajstić information content (AvgIpc) is 3.03. The van der Waals surface area contributed by atoms with Gasteiger partial charge in [0.25, 0.3) is 0 Å². The van der Waals surface area contributed by atoms with Crippen molar-refractivity contribution in [3.05, 3.63) is 41.2 Å². The minimum atomic E-state index is -0.787. The highest BCUT2D eigenvalue weighted by Gasteiger charge is 2.55. The van der Waals surface area contributed by atoms with Crippen molar-refractivity contribution >= 4 is 11.4 Å². The Bertz CT molecular complexity index is 788. The summed E-state index contributed by atoms with van der Waals surface area (Å²) in [4.78, 5) is 12.8. The Morgan fingerprint density at radius 2 is 2.26 bits per heavy atom. The number of nitrogens with zero attached hydrogens (tertiary/aromatic N) is 2. The zero-order chi connectivity index (χ0) is 19.2. The molecule has 4 atom stereocenters. The van der Waals surface area contributed by atoms with Gasteiger partial charge < -0.3 is 4.74 Å². The lowest BCUT2D eigenvalue weighted by molar-refractivity contribution is -0.311. The molecular weight excluding hydrogens is 340 g/mol. The van der Waals surface area contributed by atoms with Crippen molar-refractivity contribution in [3.8, 4) is 0 Å². The number of ether oxygens (including phenoxy) is 1. The van der Waals surface area contributed by atoms with Gasteiger partial charge in [-0.3, -0.25) is 15.1 Å². The van der Waals surface area contributed by atoms with E-state index in [1.807, 2.05) is 18.4 Å².